The van der Waals surface area contributed by atoms with Crippen LogP contribution >= 0.6 is 23.2 Å². The van der Waals surface area contributed by atoms with Crippen molar-refractivity contribution in [3.8, 4) is 0 Å². The molecule has 1 aromatic carbocycles. The summed E-state index contributed by atoms with van der Waals surface area (Å²) in [5, 5.41) is 4.66. The molecule has 0 radical (unpaired) electrons. The van der Waals surface area contributed by atoms with Crippen LogP contribution in [0.1, 0.15) is 37.1 Å². The van der Waals surface area contributed by atoms with Crippen LogP contribution in [-0.2, 0) is 6.42 Å². The molecule has 1 unspecified atom stereocenters. The third kappa shape index (κ3) is 4.99. The van der Waals surface area contributed by atoms with Gasteiger partial charge in [-0.15, -0.1) is 0 Å². The molecule has 0 spiro atoms. The van der Waals surface area contributed by atoms with Gasteiger partial charge in [-0.05, 0) is 37.4 Å². The SMILES string of the molecule is CCNC(CCCc1ccccc1)c1ncc(Cl)cc1Cl. The molecule has 0 aliphatic carbocycles. The Labute approximate surface area is 136 Å². The Morgan fingerprint density at radius 2 is 1.95 bits per heavy atom. The Hall–Kier alpha value is -1.09. The maximum absolute atomic E-state index is 6.27. The van der Waals surface area contributed by atoms with Crippen molar-refractivity contribution in [1.29, 1.82) is 0 Å². The van der Waals surface area contributed by atoms with Gasteiger partial charge in [0.1, 0.15) is 0 Å². The first-order valence-corrected chi connectivity index (χ1v) is 8.04. The molecule has 0 saturated carbocycles. The minimum absolute atomic E-state index is 0.170. The van der Waals surface area contributed by atoms with Crippen molar-refractivity contribution < 1.29 is 0 Å². The molecule has 2 rings (SSSR count). The summed E-state index contributed by atoms with van der Waals surface area (Å²) in [5.41, 5.74) is 2.25. The van der Waals surface area contributed by atoms with E-state index in [1.807, 2.05) is 6.07 Å². The number of halogens is 2. The van der Waals surface area contributed by atoms with Crippen molar-refractivity contribution in [3.63, 3.8) is 0 Å². The molecule has 2 nitrogen and oxygen atoms in total. The van der Waals surface area contributed by atoms with Crippen molar-refractivity contribution in [2.45, 2.75) is 32.2 Å². The molecule has 4 heteroatoms. The normalized spacial score (nSPS) is 12.3. The molecule has 0 amide bonds. The summed E-state index contributed by atoms with van der Waals surface area (Å²) in [6.45, 7) is 2.98. The Morgan fingerprint density at radius 3 is 2.62 bits per heavy atom. The summed E-state index contributed by atoms with van der Waals surface area (Å²) in [4.78, 5) is 4.40. The Bertz CT molecular complexity index is 558. The number of hydrogen-bond acceptors (Lipinski definition) is 2. The Balaban J connectivity index is 1.98. The van der Waals surface area contributed by atoms with E-state index in [4.69, 9.17) is 23.2 Å². The smallest absolute Gasteiger partial charge is 0.0760 e. The standard InChI is InChI=1S/C17H20Cl2N2/c1-2-20-16(17-15(19)11-14(18)12-21-17)10-6-9-13-7-4-3-5-8-13/h3-5,7-8,11-12,16,20H,2,6,9-10H2,1H3. The predicted molar refractivity (Wildman–Crippen MR) is 90.1 cm³/mol. The minimum Gasteiger partial charge on any atom is -0.309 e. The largest absolute Gasteiger partial charge is 0.309 e. The molecule has 1 aromatic heterocycles. The predicted octanol–water partition coefficient (Wildman–Crippen LogP) is 5.06. The van der Waals surface area contributed by atoms with Crippen LogP contribution in [0.15, 0.2) is 42.6 Å². The van der Waals surface area contributed by atoms with E-state index in [1.54, 1.807) is 12.3 Å². The maximum atomic E-state index is 6.27. The van der Waals surface area contributed by atoms with Crippen molar-refractivity contribution >= 4 is 23.2 Å². The summed E-state index contributed by atoms with van der Waals surface area (Å²) in [6, 6.07) is 12.5. The maximum Gasteiger partial charge on any atom is 0.0760 e. The second-order valence-corrected chi connectivity index (χ2v) is 5.85. The monoisotopic (exact) mass is 322 g/mol. The number of rotatable bonds is 7. The number of nitrogens with one attached hydrogen (secondary N) is 1. The van der Waals surface area contributed by atoms with Gasteiger partial charge in [0.2, 0.25) is 0 Å². The van der Waals surface area contributed by atoms with Crippen LogP contribution in [0.3, 0.4) is 0 Å². The van der Waals surface area contributed by atoms with Gasteiger partial charge < -0.3 is 5.32 Å². The highest BCUT2D eigenvalue weighted by Gasteiger charge is 2.15. The van der Waals surface area contributed by atoms with Crippen LogP contribution in [0.5, 0.6) is 0 Å². The lowest BCUT2D eigenvalue weighted by Crippen LogP contribution is -2.22. The zero-order valence-electron chi connectivity index (χ0n) is 12.2. The van der Waals surface area contributed by atoms with Crippen LogP contribution < -0.4 is 5.32 Å². The van der Waals surface area contributed by atoms with Gasteiger partial charge in [0.05, 0.1) is 21.8 Å². The van der Waals surface area contributed by atoms with E-state index in [2.05, 4.69) is 41.5 Å². The third-order valence-electron chi connectivity index (χ3n) is 3.42. The van der Waals surface area contributed by atoms with Crippen LogP contribution in [-0.4, -0.2) is 11.5 Å². The molecule has 1 N–H and O–H groups in total. The average molecular weight is 323 g/mol. The molecule has 2 aromatic rings. The number of hydrogen-bond donors (Lipinski definition) is 1. The summed E-state index contributed by atoms with van der Waals surface area (Å²) >= 11 is 12.2. The Morgan fingerprint density at radius 1 is 1.19 bits per heavy atom. The summed E-state index contributed by atoms with van der Waals surface area (Å²) in [5.74, 6) is 0. The lowest BCUT2D eigenvalue weighted by Gasteiger charge is -2.18. The average Bonchev–Trinajstić information content (AvgIpc) is 2.48. The first-order valence-electron chi connectivity index (χ1n) is 7.29. The van der Waals surface area contributed by atoms with E-state index in [0.29, 0.717) is 10.0 Å². The van der Waals surface area contributed by atoms with Gasteiger partial charge >= 0.3 is 0 Å². The molecule has 1 atom stereocenters. The summed E-state index contributed by atoms with van der Waals surface area (Å²) in [6.07, 6.45) is 4.80. The lowest BCUT2D eigenvalue weighted by atomic mass is 10.0. The molecule has 0 bridgehead atoms. The zero-order chi connectivity index (χ0) is 15.1. The van der Waals surface area contributed by atoms with Crippen LogP contribution in [0.2, 0.25) is 10.0 Å². The van der Waals surface area contributed by atoms with Gasteiger partial charge in [0.25, 0.3) is 0 Å². The van der Waals surface area contributed by atoms with E-state index >= 15 is 0 Å². The highest BCUT2D eigenvalue weighted by molar-refractivity contribution is 6.34. The number of benzene rings is 1. The zero-order valence-corrected chi connectivity index (χ0v) is 13.7. The van der Waals surface area contributed by atoms with Crippen LogP contribution in [0.25, 0.3) is 0 Å². The second-order valence-electron chi connectivity index (χ2n) is 5.01. The number of aromatic nitrogens is 1. The molecule has 112 valence electrons. The summed E-state index contributed by atoms with van der Waals surface area (Å²) in [7, 11) is 0. The number of aryl methyl sites for hydroxylation is 1. The topological polar surface area (TPSA) is 24.9 Å². The van der Waals surface area contributed by atoms with Gasteiger partial charge in [-0.2, -0.15) is 0 Å². The van der Waals surface area contributed by atoms with E-state index < -0.39 is 0 Å². The molecule has 21 heavy (non-hydrogen) atoms. The molecular formula is C17H20Cl2N2. The van der Waals surface area contributed by atoms with Gasteiger partial charge in [-0.25, -0.2) is 0 Å². The van der Waals surface area contributed by atoms with Crippen molar-refractivity contribution in [2.75, 3.05) is 6.54 Å². The molecule has 0 fully saturated rings. The molecule has 0 saturated heterocycles. The van der Waals surface area contributed by atoms with E-state index in [-0.39, 0.29) is 6.04 Å². The first kappa shape index (κ1) is 16.3. The number of nitrogens with zero attached hydrogens (tertiary/aromatic N) is 1. The first-order chi connectivity index (χ1) is 10.2. The van der Waals surface area contributed by atoms with Crippen LogP contribution in [0.4, 0.5) is 0 Å². The van der Waals surface area contributed by atoms with Crippen LogP contribution in [0, 0.1) is 0 Å². The molecular weight excluding hydrogens is 303 g/mol. The van der Waals surface area contributed by atoms with E-state index in [1.165, 1.54) is 5.56 Å². The number of pyridine rings is 1. The van der Waals surface area contributed by atoms with Gasteiger partial charge in [0, 0.05) is 6.20 Å². The molecule has 0 aliphatic rings. The second kappa shape index (κ2) is 8.38. The lowest BCUT2D eigenvalue weighted by molar-refractivity contribution is 0.488. The fourth-order valence-electron chi connectivity index (χ4n) is 2.42. The van der Waals surface area contributed by atoms with Crippen molar-refractivity contribution in [1.82, 2.24) is 10.3 Å². The Kier molecular flexibility index (Phi) is 6.50. The minimum atomic E-state index is 0.170. The highest BCUT2D eigenvalue weighted by Crippen LogP contribution is 2.27. The fraction of sp³-hybridized carbons (Fsp3) is 0.353. The third-order valence-corrected chi connectivity index (χ3v) is 3.93. The van der Waals surface area contributed by atoms with Gasteiger partial charge in [0.15, 0.2) is 0 Å². The fourth-order valence-corrected chi connectivity index (χ4v) is 2.93. The van der Waals surface area contributed by atoms with Gasteiger partial charge in [-0.3, -0.25) is 4.98 Å². The van der Waals surface area contributed by atoms with Crippen molar-refractivity contribution in [2.24, 2.45) is 0 Å². The van der Waals surface area contributed by atoms with E-state index in [0.717, 1.165) is 31.5 Å². The molecule has 0 aliphatic heterocycles. The van der Waals surface area contributed by atoms with E-state index in [9.17, 15) is 0 Å². The highest BCUT2D eigenvalue weighted by atomic mass is 35.5. The van der Waals surface area contributed by atoms with Crippen molar-refractivity contribution in [3.05, 3.63) is 63.9 Å². The summed E-state index contributed by atoms with van der Waals surface area (Å²) < 4.78 is 0. The quantitative estimate of drug-likeness (QED) is 0.770. The molecule has 1 heterocycles. The van der Waals surface area contributed by atoms with Gasteiger partial charge in [-0.1, -0.05) is 60.5 Å².